The Labute approximate surface area is 252 Å². The molecule has 2 N–H and O–H groups in total. The minimum atomic E-state index is -0.750. The molecule has 0 radical (unpaired) electrons. The van der Waals surface area contributed by atoms with Crippen LogP contribution in [0.5, 0.6) is 17.2 Å². The van der Waals surface area contributed by atoms with Gasteiger partial charge in [-0.05, 0) is 66.3 Å². The van der Waals surface area contributed by atoms with E-state index in [1.165, 1.54) is 40.8 Å². The van der Waals surface area contributed by atoms with Gasteiger partial charge in [0.05, 0.1) is 19.3 Å². The summed E-state index contributed by atoms with van der Waals surface area (Å²) in [5.41, 5.74) is 5.91. The number of ether oxygens (including phenoxy) is 2. The summed E-state index contributed by atoms with van der Waals surface area (Å²) in [6.45, 7) is 1.16. The maximum Gasteiger partial charge on any atom is 0.252 e. The Balaban J connectivity index is 1.40. The molecule has 1 aliphatic carbocycles. The van der Waals surface area contributed by atoms with Crippen LogP contribution in [0.3, 0.4) is 0 Å². The summed E-state index contributed by atoms with van der Waals surface area (Å²) < 4.78 is 14.0. The first-order valence-corrected chi connectivity index (χ1v) is 15.1. The number of fused-ring (bicyclic) bond motifs is 5. The van der Waals surface area contributed by atoms with E-state index in [0.717, 1.165) is 41.0 Å². The zero-order valence-electron chi connectivity index (χ0n) is 25.1. The molecule has 0 bridgehead atoms. The van der Waals surface area contributed by atoms with E-state index in [1.807, 2.05) is 24.3 Å². The number of rotatable bonds is 7. The number of nitrogens with one attached hydrogen (secondary N) is 1. The van der Waals surface area contributed by atoms with Crippen LogP contribution >= 0.6 is 0 Å². The van der Waals surface area contributed by atoms with Crippen molar-refractivity contribution >= 4 is 22.7 Å². The predicted molar refractivity (Wildman–Crippen MR) is 167 cm³/mol. The standard InChI is InChI=1S/C35H39N3O5/c1-37(2)35(41)29(19-22-9-12-25(39)13-10-22)36-34(40)24-11-15-27-30(20-24)38-17-18-43-31-21-26(42-3)14-16-28(31)33(38)32(27)23-7-5-4-6-8-23/h9-16,20-21,23,29,39H,4-8,17-19H2,1-3H3,(H,36,40)/t29-/m0/s1. The Hall–Kier alpha value is -4.46. The normalized spacial score (nSPS) is 15.5. The van der Waals surface area contributed by atoms with E-state index in [1.54, 1.807) is 45.5 Å². The fourth-order valence-electron chi connectivity index (χ4n) is 6.66. The summed E-state index contributed by atoms with van der Waals surface area (Å²) in [5.74, 6) is 1.68. The average molecular weight is 582 g/mol. The van der Waals surface area contributed by atoms with Gasteiger partial charge in [-0.2, -0.15) is 0 Å². The summed E-state index contributed by atoms with van der Waals surface area (Å²) in [5, 5.41) is 13.8. The number of carbonyl (C=O) groups excluding carboxylic acids is 2. The topological polar surface area (TPSA) is 93.0 Å². The van der Waals surface area contributed by atoms with Crippen molar-refractivity contribution in [1.29, 1.82) is 0 Å². The summed E-state index contributed by atoms with van der Waals surface area (Å²) in [6, 6.07) is 17.9. The fourth-order valence-corrected chi connectivity index (χ4v) is 6.66. The molecular formula is C35H39N3O5. The maximum atomic E-state index is 13.7. The van der Waals surface area contributed by atoms with Crippen LogP contribution in [0.2, 0.25) is 0 Å². The number of aromatic hydroxyl groups is 1. The minimum absolute atomic E-state index is 0.155. The minimum Gasteiger partial charge on any atom is -0.508 e. The fraction of sp³-hybridized carbons (Fsp3) is 0.371. The van der Waals surface area contributed by atoms with Crippen LogP contribution < -0.4 is 14.8 Å². The van der Waals surface area contributed by atoms with Crippen LogP contribution in [0.4, 0.5) is 0 Å². The Morgan fingerprint density at radius 3 is 2.53 bits per heavy atom. The molecule has 1 fully saturated rings. The van der Waals surface area contributed by atoms with E-state index in [-0.39, 0.29) is 17.6 Å². The van der Waals surface area contributed by atoms with Gasteiger partial charge in [0.15, 0.2) is 0 Å². The highest BCUT2D eigenvalue weighted by atomic mass is 16.5. The van der Waals surface area contributed by atoms with Crippen molar-refractivity contribution in [1.82, 2.24) is 14.8 Å². The molecule has 2 heterocycles. The van der Waals surface area contributed by atoms with Gasteiger partial charge in [0.25, 0.3) is 5.91 Å². The molecule has 2 aliphatic rings. The van der Waals surface area contributed by atoms with Gasteiger partial charge in [-0.25, -0.2) is 0 Å². The highest BCUT2D eigenvalue weighted by Crippen LogP contribution is 2.47. The van der Waals surface area contributed by atoms with Gasteiger partial charge in [-0.15, -0.1) is 0 Å². The van der Waals surface area contributed by atoms with Crippen molar-refractivity contribution in [2.75, 3.05) is 27.8 Å². The van der Waals surface area contributed by atoms with Gasteiger partial charge in [0.2, 0.25) is 5.91 Å². The highest BCUT2D eigenvalue weighted by molar-refractivity contribution is 6.02. The summed E-state index contributed by atoms with van der Waals surface area (Å²) in [6.07, 6.45) is 6.30. The number of carbonyl (C=O) groups is 2. The molecule has 4 aromatic rings. The number of nitrogens with zero attached hydrogens (tertiary/aromatic N) is 2. The number of amides is 2. The lowest BCUT2D eigenvalue weighted by Crippen LogP contribution is -2.47. The molecule has 1 atom stereocenters. The van der Waals surface area contributed by atoms with Crippen molar-refractivity contribution in [2.24, 2.45) is 0 Å². The third-order valence-corrected chi connectivity index (χ3v) is 8.82. The molecule has 1 saturated carbocycles. The number of methoxy groups -OCH3 is 1. The molecule has 3 aromatic carbocycles. The van der Waals surface area contributed by atoms with Gasteiger partial charge >= 0.3 is 0 Å². The third-order valence-electron chi connectivity index (χ3n) is 8.82. The smallest absolute Gasteiger partial charge is 0.252 e. The van der Waals surface area contributed by atoms with Gasteiger partial charge in [-0.3, -0.25) is 9.59 Å². The number of hydrogen-bond acceptors (Lipinski definition) is 5. The highest BCUT2D eigenvalue weighted by Gasteiger charge is 2.30. The van der Waals surface area contributed by atoms with Crippen LogP contribution in [0, 0.1) is 0 Å². The molecule has 8 nitrogen and oxygen atoms in total. The Morgan fingerprint density at radius 2 is 1.81 bits per heavy atom. The predicted octanol–water partition coefficient (Wildman–Crippen LogP) is 5.89. The molecule has 43 heavy (non-hydrogen) atoms. The van der Waals surface area contributed by atoms with Gasteiger partial charge in [-0.1, -0.05) is 37.5 Å². The molecule has 0 spiro atoms. The van der Waals surface area contributed by atoms with E-state index >= 15 is 0 Å². The molecule has 8 heteroatoms. The van der Waals surface area contributed by atoms with E-state index in [2.05, 4.69) is 22.0 Å². The lowest BCUT2D eigenvalue weighted by Gasteiger charge is -2.23. The average Bonchev–Trinajstić information content (AvgIpc) is 3.22. The second-order valence-electron chi connectivity index (χ2n) is 11.8. The number of benzene rings is 3. The van der Waals surface area contributed by atoms with Crippen LogP contribution in [-0.4, -0.2) is 60.2 Å². The van der Waals surface area contributed by atoms with Crippen molar-refractivity contribution in [3.8, 4) is 28.5 Å². The Morgan fingerprint density at radius 1 is 1.05 bits per heavy atom. The number of phenolic OH excluding ortho intramolecular Hbond substituents is 1. The zero-order valence-corrected chi connectivity index (χ0v) is 25.1. The Bertz CT molecular complexity index is 1650. The van der Waals surface area contributed by atoms with Crippen molar-refractivity contribution in [3.63, 3.8) is 0 Å². The largest absolute Gasteiger partial charge is 0.508 e. The molecule has 1 aromatic heterocycles. The van der Waals surface area contributed by atoms with E-state index in [9.17, 15) is 14.7 Å². The molecule has 0 unspecified atom stereocenters. The van der Waals surface area contributed by atoms with Crippen LogP contribution in [0.1, 0.15) is 59.5 Å². The van der Waals surface area contributed by atoms with Crippen molar-refractivity contribution in [3.05, 3.63) is 77.4 Å². The number of aromatic nitrogens is 1. The second-order valence-corrected chi connectivity index (χ2v) is 11.8. The van der Waals surface area contributed by atoms with Crippen LogP contribution in [0.25, 0.3) is 22.2 Å². The zero-order chi connectivity index (χ0) is 30.1. The number of likely N-dealkylation sites (N-methyl/N-ethyl adjacent to an activating group) is 1. The Kier molecular flexibility index (Phi) is 8.02. The quantitative estimate of drug-likeness (QED) is 0.284. The van der Waals surface area contributed by atoms with Crippen LogP contribution in [0.15, 0.2) is 60.7 Å². The van der Waals surface area contributed by atoms with Gasteiger partial charge < -0.3 is 29.4 Å². The first-order valence-electron chi connectivity index (χ1n) is 15.1. The second kappa shape index (κ2) is 12.0. The van der Waals surface area contributed by atoms with Gasteiger partial charge in [0.1, 0.15) is 29.9 Å². The molecule has 0 saturated heterocycles. The summed E-state index contributed by atoms with van der Waals surface area (Å²) in [4.78, 5) is 28.3. The molecular weight excluding hydrogens is 542 g/mol. The van der Waals surface area contributed by atoms with E-state index in [4.69, 9.17) is 9.47 Å². The molecule has 1 aliphatic heterocycles. The third kappa shape index (κ3) is 5.66. The SMILES string of the molecule is COc1ccc2c(c1)OCCn1c-2c(C2CCCCC2)c2ccc(C(=O)N[C@@H](Cc3ccc(O)cc3)C(=O)N(C)C)cc21. The summed E-state index contributed by atoms with van der Waals surface area (Å²) >= 11 is 0. The monoisotopic (exact) mass is 581 g/mol. The number of phenols is 1. The molecule has 224 valence electrons. The van der Waals surface area contributed by atoms with E-state index in [0.29, 0.717) is 31.1 Å². The molecule has 2 amide bonds. The maximum absolute atomic E-state index is 13.7. The van der Waals surface area contributed by atoms with Crippen LogP contribution in [-0.2, 0) is 17.8 Å². The van der Waals surface area contributed by atoms with E-state index < -0.39 is 6.04 Å². The first-order chi connectivity index (χ1) is 20.8. The number of hydrogen-bond donors (Lipinski definition) is 2. The van der Waals surface area contributed by atoms with Crippen molar-refractivity contribution in [2.45, 2.75) is 57.0 Å². The lowest BCUT2D eigenvalue weighted by molar-refractivity contribution is -0.130. The molecule has 6 rings (SSSR count). The first kappa shape index (κ1) is 28.6. The van der Waals surface area contributed by atoms with Gasteiger partial charge in [0, 0.05) is 48.6 Å². The summed E-state index contributed by atoms with van der Waals surface area (Å²) in [7, 11) is 5.03. The van der Waals surface area contributed by atoms with Crippen molar-refractivity contribution < 1.29 is 24.2 Å². The lowest BCUT2D eigenvalue weighted by atomic mass is 9.81.